The zero-order valence-corrected chi connectivity index (χ0v) is 13.6. The molecule has 0 saturated heterocycles. The summed E-state index contributed by atoms with van der Waals surface area (Å²) in [6, 6.07) is 1.99. The van der Waals surface area contributed by atoms with E-state index in [2.05, 4.69) is 24.1 Å². The first kappa shape index (κ1) is 16.2. The van der Waals surface area contributed by atoms with Gasteiger partial charge >= 0.3 is 0 Å². The summed E-state index contributed by atoms with van der Waals surface area (Å²) >= 11 is 0. The molecule has 21 heavy (non-hydrogen) atoms. The number of hydrogen-bond acceptors (Lipinski definition) is 4. The predicted octanol–water partition coefficient (Wildman–Crippen LogP) is 3.30. The molecule has 3 N–H and O–H groups in total. The lowest BCUT2D eigenvalue weighted by atomic mass is 9.73. The molecule has 1 heterocycles. The van der Waals surface area contributed by atoms with Crippen LogP contribution in [0.25, 0.3) is 0 Å². The maximum atomic E-state index is 6.21. The number of nitrogens with one attached hydrogen (secondary N) is 1. The van der Waals surface area contributed by atoms with Crippen LogP contribution in [0.3, 0.4) is 0 Å². The van der Waals surface area contributed by atoms with E-state index in [-0.39, 0.29) is 11.6 Å². The van der Waals surface area contributed by atoms with Crippen LogP contribution in [0.2, 0.25) is 0 Å². The van der Waals surface area contributed by atoms with Crippen LogP contribution in [0.5, 0.6) is 0 Å². The summed E-state index contributed by atoms with van der Waals surface area (Å²) in [6.45, 7) is 5.46. The molecule has 1 aromatic rings. The molecule has 0 radical (unpaired) electrons. The topological polar surface area (TPSA) is 60.2 Å². The summed E-state index contributed by atoms with van der Waals surface area (Å²) < 4.78 is 6.05. The highest BCUT2D eigenvalue weighted by atomic mass is 16.5. The fourth-order valence-electron chi connectivity index (χ4n) is 3.39. The van der Waals surface area contributed by atoms with Crippen molar-refractivity contribution in [2.45, 2.75) is 57.6 Å². The first-order valence-electron chi connectivity index (χ1n) is 8.11. The molecule has 0 amide bonds. The lowest BCUT2D eigenvalue weighted by Crippen LogP contribution is -2.48. The van der Waals surface area contributed by atoms with Crippen molar-refractivity contribution in [1.82, 2.24) is 10.3 Å². The number of methoxy groups -OCH3 is 1. The minimum Gasteiger partial charge on any atom is -0.398 e. The number of hydrogen-bond donors (Lipinski definition) is 2. The van der Waals surface area contributed by atoms with Gasteiger partial charge < -0.3 is 15.8 Å². The SMILES string of the molecule is CCCNC(c1cnccc1N)C1(OC)CCC(C)CC1. The van der Waals surface area contributed by atoms with E-state index in [9.17, 15) is 0 Å². The van der Waals surface area contributed by atoms with Crippen molar-refractivity contribution in [1.29, 1.82) is 0 Å². The second kappa shape index (κ2) is 7.23. The minimum absolute atomic E-state index is 0.114. The number of aromatic nitrogens is 1. The van der Waals surface area contributed by atoms with Gasteiger partial charge in [0.05, 0.1) is 11.6 Å². The molecule has 0 aliphatic heterocycles. The first-order valence-corrected chi connectivity index (χ1v) is 8.11. The van der Waals surface area contributed by atoms with Gasteiger partial charge in [-0.05, 0) is 50.6 Å². The van der Waals surface area contributed by atoms with E-state index in [1.54, 1.807) is 6.20 Å². The number of ether oxygens (including phenoxy) is 1. The third-order valence-electron chi connectivity index (χ3n) is 4.85. The van der Waals surface area contributed by atoms with Crippen molar-refractivity contribution >= 4 is 5.69 Å². The van der Waals surface area contributed by atoms with E-state index in [4.69, 9.17) is 10.5 Å². The van der Waals surface area contributed by atoms with Crippen LogP contribution in [0.4, 0.5) is 5.69 Å². The Kier molecular flexibility index (Phi) is 5.59. The number of nitrogens with two attached hydrogens (primary N) is 1. The van der Waals surface area contributed by atoms with E-state index in [1.807, 2.05) is 19.4 Å². The number of rotatable bonds is 6. The molecule has 1 fully saturated rings. The Bertz CT molecular complexity index is 441. The van der Waals surface area contributed by atoms with Crippen LogP contribution >= 0.6 is 0 Å². The van der Waals surface area contributed by atoms with E-state index >= 15 is 0 Å². The highest BCUT2D eigenvalue weighted by Gasteiger charge is 2.42. The van der Waals surface area contributed by atoms with Gasteiger partial charge in [-0.2, -0.15) is 0 Å². The summed E-state index contributed by atoms with van der Waals surface area (Å²) in [6.07, 6.45) is 9.28. The molecule has 1 aromatic heterocycles. The summed E-state index contributed by atoms with van der Waals surface area (Å²) in [5.41, 5.74) is 7.91. The quantitative estimate of drug-likeness (QED) is 0.844. The van der Waals surface area contributed by atoms with Gasteiger partial charge in [0.25, 0.3) is 0 Å². The highest BCUT2D eigenvalue weighted by molar-refractivity contribution is 5.47. The van der Waals surface area contributed by atoms with Crippen molar-refractivity contribution in [3.8, 4) is 0 Å². The monoisotopic (exact) mass is 291 g/mol. The second-order valence-electron chi connectivity index (χ2n) is 6.34. The van der Waals surface area contributed by atoms with E-state index in [1.165, 1.54) is 12.8 Å². The van der Waals surface area contributed by atoms with Crippen LogP contribution in [0, 0.1) is 5.92 Å². The van der Waals surface area contributed by atoms with Gasteiger partial charge in [0.15, 0.2) is 0 Å². The molecule has 1 aliphatic rings. The van der Waals surface area contributed by atoms with Crippen LogP contribution in [0.1, 0.15) is 57.6 Å². The third-order valence-corrected chi connectivity index (χ3v) is 4.85. The fraction of sp³-hybridized carbons (Fsp3) is 0.706. The Labute approximate surface area is 128 Å². The Balaban J connectivity index is 2.32. The third kappa shape index (κ3) is 3.55. The molecule has 0 spiro atoms. The summed E-state index contributed by atoms with van der Waals surface area (Å²) in [5.74, 6) is 0.784. The molecule has 2 rings (SSSR count). The summed E-state index contributed by atoms with van der Waals surface area (Å²) in [5, 5.41) is 3.66. The summed E-state index contributed by atoms with van der Waals surface area (Å²) in [7, 11) is 1.84. The molecule has 1 atom stereocenters. The number of nitrogen functional groups attached to an aromatic ring is 1. The number of pyridine rings is 1. The standard InChI is InChI=1S/C17H29N3O/c1-4-10-20-16(14-12-19-11-7-15(14)18)17(21-3)8-5-13(2)6-9-17/h7,11-13,16,20H,4-6,8-10H2,1-3H3,(H2,18,19). The molecule has 1 saturated carbocycles. The largest absolute Gasteiger partial charge is 0.398 e. The molecule has 4 nitrogen and oxygen atoms in total. The van der Waals surface area contributed by atoms with Gasteiger partial charge in [-0.25, -0.2) is 0 Å². The molecule has 1 aliphatic carbocycles. The highest BCUT2D eigenvalue weighted by Crippen LogP contribution is 2.43. The molecule has 4 heteroatoms. The Morgan fingerprint density at radius 1 is 1.48 bits per heavy atom. The van der Waals surface area contributed by atoms with E-state index < -0.39 is 0 Å². The lowest BCUT2D eigenvalue weighted by Gasteiger charge is -2.44. The van der Waals surface area contributed by atoms with Gasteiger partial charge in [-0.1, -0.05) is 13.8 Å². The van der Waals surface area contributed by atoms with E-state index in [0.29, 0.717) is 0 Å². The first-order chi connectivity index (χ1) is 10.1. The van der Waals surface area contributed by atoms with Crippen molar-refractivity contribution in [2.24, 2.45) is 5.92 Å². The smallest absolute Gasteiger partial charge is 0.0874 e. The van der Waals surface area contributed by atoms with Crippen LogP contribution in [-0.2, 0) is 4.74 Å². The average molecular weight is 291 g/mol. The molecular formula is C17H29N3O. The number of anilines is 1. The van der Waals surface area contributed by atoms with Gasteiger partial charge in [0, 0.05) is 30.8 Å². The molecule has 118 valence electrons. The van der Waals surface area contributed by atoms with Crippen molar-refractivity contribution in [2.75, 3.05) is 19.4 Å². The molecule has 0 bridgehead atoms. The molecule has 1 unspecified atom stereocenters. The Morgan fingerprint density at radius 2 is 2.19 bits per heavy atom. The molecule has 0 aromatic carbocycles. The van der Waals surface area contributed by atoms with Crippen molar-refractivity contribution in [3.05, 3.63) is 24.0 Å². The van der Waals surface area contributed by atoms with Gasteiger partial charge in [0.2, 0.25) is 0 Å². The molecular weight excluding hydrogens is 262 g/mol. The van der Waals surface area contributed by atoms with Crippen LogP contribution in [-0.4, -0.2) is 24.2 Å². The minimum atomic E-state index is -0.168. The zero-order chi connectivity index (χ0) is 15.3. The van der Waals surface area contributed by atoms with Gasteiger partial charge in [0.1, 0.15) is 0 Å². The van der Waals surface area contributed by atoms with Crippen LogP contribution in [0.15, 0.2) is 18.5 Å². The average Bonchev–Trinajstić information content (AvgIpc) is 2.51. The summed E-state index contributed by atoms with van der Waals surface area (Å²) in [4.78, 5) is 4.27. The van der Waals surface area contributed by atoms with Crippen molar-refractivity contribution < 1.29 is 4.74 Å². The second-order valence-corrected chi connectivity index (χ2v) is 6.34. The van der Waals surface area contributed by atoms with Gasteiger partial charge in [-0.3, -0.25) is 4.98 Å². The maximum Gasteiger partial charge on any atom is 0.0874 e. The zero-order valence-electron chi connectivity index (χ0n) is 13.6. The predicted molar refractivity (Wildman–Crippen MR) is 87.1 cm³/mol. The van der Waals surface area contributed by atoms with Crippen LogP contribution < -0.4 is 11.1 Å². The fourth-order valence-corrected chi connectivity index (χ4v) is 3.39. The van der Waals surface area contributed by atoms with Crippen molar-refractivity contribution in [3.63, 3.8) is 0 Å². The number of nitrogens with zero attached hydrogens (tertiary/aromatic N) is 1. The Morgan fingerprint density at radius 3 is 2.76 bits per heavy atom. The Hall–Kier alpha value is -1.13. The van der Waals surface area contributed by atoms with Gasteiger partial charge in [-0.15, -0.1) is 0 Å². The maximum absolute atomic E-state index is 6.21. The lowest BCUT2D eigenvalue weighted by molar-refractivity contribution is -0.0759. The van der Waals surface area contributed by atoms with E-state index in [0.717, 1.165) is 43.0 Å². The normalized spacial score (nSPS) is 27.5.